The van der Waals surface area contributed by atoms with Crippen molar-refractivity contribution in [2.45, 2.75) is 147 Å². The predicted molar refractivity (Wildman–Crippen MR) is 211 cm³/mol. The van der Waals surface area contributed by atoms with Crippen molar-refractivity contribution in [3.05, 3.63) is 0 Å². The van der Waals surface area contributed by atoms with Crippen molar-refractivity contribution in [1.82, 2.24) is 37.2 Å². The molecule has 17 N–H and O–H groups in total. The second-order valence-corrected chi connectivity index (χ2v) is 14.7. The first kappa shape index (κ1) is 54.0. The third-order valence-corrected chi connectivity index (χ3v) is 8.87. The fourth-order valence-corrected chi connectivity index (χ4v) is 5.37. The summed E-state index contributed by atoms with van der Waals surface area (Å²) in [6, 6.07) is -10.9. The largest absolute Gasteiger partial charge is 0.481 e. The minimum Gasteiger partial charge on any atom is -0.481 e. The summed E-state index contributed by atoms with van der Waals surface area (Å²) in [5.74, 6) is -8.83. The fourth-order valence-electron chi connectivity index (χ4n) is 5.37. The number of unbranched alkanes of at least 4 members (excludes halogenated alkanes) is 2. The van der Waals surface area contributed by atoms with E-state index in [1.165, 1.54) is 13.8 Å². The molecule has 0 radical (unpaired) electrons. The number of aliphatic hydroxyl groups excluding tert-OH is 2. The van der Waals surface area contributed by atoms with Crippen LogP contribution in [0.15, 0.2) is 0 Å². The van der Waals surface area contributed by atoms with Gasteiger partial charge in [0.15, 0.2) is 0 Å². The maximum atomic E-state index is 13.5. The first-order valence-corrected chi connectivity index (χ1v) is 19.6. The molecule has 59 heavy (non-hydrogen) atoms. The number of amides is 7. The van der Waals surface area contributed by atoms with Crippen molar-refractivity contribution >= 4 is 53.3 Å². The Kier molecular flexibility index (Phi) is 26.1. The average Bonchev–Trinajstić information content (AvgIpc) is 3.15. The zero-order valence-corrected chi connectivity index (χ0v) is 34.5. The molecule has 0 aromatic rings. The third-order valence-electron chi connectivity index (χ3n) is 8.87. The highest BCUT2D eigenvalue weighted by Gasteiger charge is 2.34. The van der Waals surface area contributed by atoms with E-state index in [1.54, 1.807) is 13.8 Å². The molecule has 0 saturated carbocycles. The molecule has 0 rings (SSSR count). The lowest BCUT2D eigenvalue weighted by molar-refractivity contribution is -0.142. The van der Waals surface area contributed by atoms with E-state index >= 15 is 0 Å². The SMILES string of the molecule is CC(C)C[C@H](NC(=O)[C@H](CCCCN)NC(=O)[C@H](C)NC(=O)[C@H](C)NC(=O)[C@H](CO)NC(=O)[C@@H](NC(=O)[C@@H](N)CCC(=O)O)[C@@H](C)O)C(=O)N[C@@H](CCCCN)C(=O)O. The van der Waals surface area contributed by atoms with Crippen LogP contribution in [0.5, 0.6) is 0 Å². The molecular weight excluding hydrogens is 780 g/mol. The van der Waals surface area contributed by atoms with Gasteiger partial charge < -0.3 is 74.8 Å². The molecule has 7 amide bonds. The lowest BCUT2D eigenvalue weighted by Gasteiger charge is -2.27. The van der Waals surface area contributed by atoms with E-state index in [1.807, 2.05) is 0 Å². The first-order valence-electron chi connectivity index (χ1n) is 19.6. The molecule has 0 bridgehead atoms. The molecule has 0 aliphatic carbocycles. The van der Waals surface area contributed by atoms with Gasteiger partial charge in [0.05, 0.1) is 18.8 Å². The normalized spacial score (nSPS) is 15.7. The summed E-state index contributed by atoms with van der Waals surface area (Å²) in [5.41, 5.74) is 16.8. The molecule has 23 heteroatoms. The second-order valence-electron chi connectivity index (χ2n) is 14.7. The van der Waals surface area contributed by atoms with Crippen LogP contribution in [0, 0.1) is 5.92 Å². The molecular formula is C36H66N10O13. The van der Waals surface area contributed by atoms with Crippen LogP contribution in [0.4, 0.5) is 0 Å². The van der Waals surface area contributed by atoms with Crippen LogP contribution in [-0.2, 0) is 43.2 Å². The van der Waals surface area contributed by atoms with Gasteiger partial charge in [0.25, 0.3) is 0 Å². The quantitative estimate of drug-likeness (QED) is 0.0302. The number of carbonyl (C=O) groups excluding carboxylic acids is 7. The topological polar surface area (TPSA) is 397 Å². The number of carbonyl (C=O) groups is 9. The Morgan fingerprint density at radius 3 is 1.44 bits per heavy atom. The highest BCUT2D eigenvalue weighted by Crippen LogP contribution is 2.10. The van der Waals surface area contributed by atoms with Gasteiger partial charge >= 0.3 is 11.9 Å². The number of nitrogens with two attached hydrogens (primary N) is 3. The zero-order chi connectivity index (χ0) is 45.4. The summed E-state index contributed by atoms with van der Waals surface area (Å²) in [6.45, 7) is 6.96. The Morgan fingerprint density at radius 2 is 0.966 bits per heavy atom. The Hall–Kier alpha value is -4.97. The van der Waals surface area contributed by atoms with Crippen molar-refractivity contribution in [1.29, 1.82) is 0 Å². The molecule has 0 aromatic heterocycles. The summed E-state index contributed by atoms with van der Waals surface area (Å²) in [6.07, 6.45) is 0.0468. The van der Waals surface area contributed by atoms with Crippen LogP contribution in [0.1, 0.15) is 92.4 Å². The van der Waals surface area contributed by atoms with Crippen LogP contribution in [0.2, 0.25) is 0 Å². The monoisotopic (exact) mass is 846 g/mol. The van der Waals surface area contributed by atoms with Crippen LogP contribution in [-0.4, -0.2) is 148 Å². The van der Waals surface area contributed by atoms with Gasteiger partial charge in [-0.3, -0.25) is 38.4 Å². The maximum Gasteiger partial charge on any atom is 0.326 e. The third kappa shape index (κ3) is 21.6. The zero-order valence-electron chi connectivity index (χ0n) is 34.5. The number of carboxylic acids is 2. The Balaban J connectivity index is 5.67. The van der Waals surface area contributed by atoms with E-state index in [2.05, 4.69) is 37.2 Å². The minimum atomic E-state index is -1.68. The molecule has 0 fully saturated rings. The van der Waals surface area contributed by atoms with Crippen molar-refractivity contribution in [3.63, 3.8) is 0 Å². The number of aliphatic carboxylic acids is 2. The van der Waals surface area contributed by atoms with Crippen molar-refractivity contribution < 1.29 is 63.6 Å². The van der Waals surface area contributed by atoms with E-state index in [-0.39, 0.29) is 31.6 Å². The van der Waals surface area contributed by atoms with E-state index in [0.717, 1.165) is 6.92 Å². The Bertz CT molecular complexity index is 1420. The Morgan fingerprint density at radius 1 is 0.525 bits per heavy atom. The number of carboxylic acid groups (broad SMARTS) is 2. The molecule has 0 aliphatic heterocycles. The highest BCUT2D eigenvalue weighted by molar-refractivity contribution is 5.97. The van der Waals surface area contributed by atoms with Crippen LogP contribution >= 0.6 is 0 Å². The first-order chi connectivity index (χ1) is 27.6. The lowest BCUT2D eigenvalue weighted by atomic mass is 10.0. The molecule has 9 atom stereocenters. The number of nitrogens with one attached hydrogen (secondary N) is 7. The molecule has 23 nitrogen and oxygen atoms in total. The number of rotatable bonds is 30. The van der Waals surface area contributed by atoms with Crippen LogP contribution in [0.25, 0.3) is 0 Å². The van der Waals surface area contributed by atoms with Gasteiger partial charge in [-0.15, -0.1) is 0 Å². The number of aliphatic hydroxyl groups is 2. The molecule has 0 aromatic carbocycles. The molecule has 0 spiro atoms. The van der Waals surface area contributed by atoms with Crippen LogP contribution in [0.3, 0.4) is 0 Å². The summed E-state index contributed by atoms with van der Waals surface area (Å²) >= 11 is 0. The molecule has 0 saturated heterocycles. The van der Waals surface area contributed by atoms with Crippen molar-refractivity contribution in [3.8, 4) is 0 Å². The fraction of sp³-hybridized carbons (Fsp3) is 0.750. The van der Waals surface area contributed by atoms with Crippen LogP contribution < -0.4 is 54.4 Å². The standard InChI is InChI=1S/C36H66N10O13/c1-18(2)16-25(33(55)43-24(36(58)59)11-7-9-15-38)44-32(54)23(10-6-8-14-37)42-30(52)20(4)40-29(51)19(3)41-34(56)26(17-47)45-35(57)28(21(5)48)46-31(53)22(39)12-13-27(49)50/h18-26,28,47-48H,6-17,37-39H2,1-5H3,(H,40,51)(H,41,56)(H,42,52)(H,43,55)(H,44,54)(H,45,57)(H,46,53)(H,49,50)(H,58,59)/t19-,20-,21+,22-,23-,24-,25-,26-,28-/m0/s1. The number of hydrogen-bond donors (Lipinski definition) is 14. The van der Waals surface area contributed by atoms with E-state index in [0.29, 0.717) is 38.8 Å². The van der Waals surface area contributed by atoms with Gasteiger partial charge in [-0.1, -0.05) is 13.8 Å². The Labute approximate surface area is 343 Å². The lowest BCUT2D eigenvalue weighted by Crippen LogP contribution is -2.61. The van der Waals surface area contributed by atoms with Gasteiger partial charge in [-0.2, -0.15) is 0 Å². The van der Waals surface area contributed by atoms with E-state index in [4.69, 9.17) is 22.3 Å². The summed E-state index contributed by atoms with van der Waals surface area (Å²) in [4.78, 5) is 114. The molecule has 0 heterocycles. The smallest absolute Gasteiger partial charge is 0.326 e. The van der Waals surface area contributed by atoms with Crippen molar-refractivity contribution in [2.24, 2.45) is 23.1 Å². The van der Waals surface area contributed by atoms with Gasteiger partial charge in [0.2, 0.25) is 41.4 Å². The van der Waals surface area contributed by atoms with E-state index < -0.39 is 121 Å². The van der Waals surface area contributed by atoms with Gasteiger partial charge in [0.1, 0.15) is 42.3 Å². The predicted octanol–water partition coefficient (Wildman–Crippen LogP) is -4.63. The average molecular weight is 847 g/mol. The highest BCUT2D eigenvalue weighted by atomic mass is 16.4. The van der Waals surface area contributed by atoms with Gasteiger partial charge in [-0.25, -0.2) is 4.79 Å². The van der Waals surface area contributed by atoms with Gasteiger partial charge in [-0.05, 0) is 91.1 Å². The molecule has 338 valence electrons. The minimum absolute atomic E-state index is 0.0974. The second kappa shape index (κ2) is 28.5. The van der Waals surface area contributed by atoms with Gasteiger partial charge in [0, 0.05) is 6.42 Å². The molecule has 0 aliphatic rings. The number of hydrogen-bond acceptors (Lipinski definition) is 14. The summed E-state index contributed by atoms with van der Waals surface area (Å²) < 4.78 is 0. The molecule has 0 unspecified atom stereocenters. The van der Waals surface area contributed by atoms with E-state index in [9.17, 15) is 58.5 Å². The van der Waals surface area contributed by atoms with Crippen molar-refractivity contribution in [2.75, 3.05) is 19.7 Å². The maximum absolute atomic E-state index is 13.5. The summed E-state index contributed by atoms with van der Waals surface area (Å²) in [7, 11) is 0. The summed E-state index contributed by atoms with van der Waals surface area (Å²) in [5, 5.41) is 55.0.